The molecule has 0 saturated heterocycles. The monoisotopic (exact) mass is 345 g/mol. The van der Waals surface area contributed by atoms with Crippen molar-refractivity contribution in [3.63, 3.8) is 0 Å². The fourth-order valence-corrected chi connectivity index (χ4v) is 2.43. The first-order valence-electron chi connectivity index (χ1n) is 6.85. The van der Waals surface area contributed by atoms with Gasteiger partial charge in [0.2, 0.25) is 0 Å². The summed E-state index contributed by atoms with van der Waals surface area (Å²) in [7, 11) is 1.49. The minimum absolute atomic E-state index is 0.0398. The van der Waals surface area contributed by atoms with E-state index in [1.807, 2.05) is 0 Å². The van der Waals surface area contributed by atoms with Gasteiger partial charge in [-0.05, 0) is 30.3 Å². The molecule has 7 nitrogen and oxygen atoms in total. The number of aromatic nitrogens is 3. The number of carbonyl (C=O) groups is 1. The summed E-state index contributed by atoms with van der Waals surface area (Å²) >= 11 is 5.94. The molecule has 3 aromatic rings. The van der Waals surface area contributed by atoms with Gasteiger partial charge in [-0.2, -0.15) is 0 Å². The Labute approximate surface area is 141 Å². The summed E-state index contributed by atoms with van der Waals surface area (Å²) in [5, 5.41) is 12.2. The van der Waals surface area contributed by atoms with E-state index < -0.39 is 5.97 Å². The van der Waals surface area contributed by atoms with E-state index >= 15 is 0 Å². The van der Waals surface area contributed by atoms with Gasteiger partial charge >= 0.3 is 5.97 Å². The average Bonchev–Trinajstić information content (AvgIpc) is 2.96. The zero-order chi connectivity index (χ0) is 17.3. The van der Waals surface area contributed by atoms with Crippen LogP contribution in [0.5, 0.6) is 5.75 Å². The van der Waals surface area contributed by atoms with Crippen LogP contribution in [0, 0.1) is 0 Å². The molecular weight excluding hydrogens is 334 g/mol. The van der Waals surface area contributed by atoms with Gasteiger partial charge in [-0.25, -0.2) is 14.5 Å². The molecule has 0 aliphatic rings. The Morgan fingerprint density at radius 2 is 2.08 bits per heavy atom. The number of rotatable bonds is 4. The van der Waals surface area contributed by atoms with E-state index in [0.717, 1.165) is 0 Å². The van der Waals surface area contributed by atoms with Gasteiger partial charge in [0, 0.05) is 23.0 Å². The summed E-state index contributed by atoms with van der Waals surface area (Å²) in [6.45, 7) is 0. The molecule has 0 bridgehead atoms. The molecule has 122 valence electrons. The molecule has 0 aliphatic carbocycles. The van der Waals surface area contributed by atoms with Crippen LogP contribution in [0.3, 0.4) is 0 Å². The van der Waals surface area contributed by atoms with Gasteiger partial charge in [0.25, 0.3) is 5.56 Å². The molecule has 0 saturated carbocycles. The molecule has 2 heterocycles. The Morgan fingerprint density at radius 3 is 2.71 bits per heavy atom. The first-order chi connectivity index (χ1) is 11.5. The van der Waals surface area contributed by atoms with Crippen LogP contribution in [0.1, 0.15) is 10.4 Å². The van der Waals surface area contributed by atoms with Gasteiger partial charge in [-0.15, -0.1) is 0 Å². The highest BCUT2D eigenvalue weighted by Crippen LogP contribution is 2.30. The molecule has 0 aliphatic heterocycles. The van der Waals surface area contributed by atoms with Crippen LogP contribution in [0.15, 0.2) is 47.5 Å². The van der Waals surface area contributed by atoms with Gasteiger partial charge in [-0.3, -0.25) is 9.89 Å². The van der Waals surface area contributed by atoms with Crippen molar-refractivity contribution in [2.45, 2.75) is 0 Å². The number of methoxy groups -OCH3 is 1. The first-order valence-corrected chi connectivity index (χ1v) is 7.23. The Morgan fingerprint density at radius 1 is 1.29 bits per heavy atom. The standard InChI is InChI=1S/C16H12ClN3O4/c1-24-13-6-10(17)3-4-11(13)12-8-19-20(15(12)21)14-5-2-9(7-18-14)16(22)23/h2-8,19H,1H3,(H,22,23). The van der Waals surface area contributed by atoms with Gasteiger partial charge in [0.05, 0.1) is 18.2 Å². The summed E-state index contributed by atoms with van der Waals surface area (Å²) in [6, 6.07) is 7.80. The lowest BCUT2D eigenvalue weighted by atomic mass is 10.1. The molecule has 0 spiro atoms. The summed E-state index contributed by atoms with van der Waals surface area (Å²) < 4.78 is 6.48. The van der Waals surface area contributed by atoms with Crippen molar-refractivity contribution in [2.24, 2.45) is 0 Å². The predicted octanol–water partition coefficient (Wildman–Crippen LogP) is 2.59. The molecule has 0 unspecified atom stereocenters. The molecule has 2 aromatic heterocycles. The maximum Gasteiger partial charge on any atom is 0.337 e. The predicted molar refractivity (Wildman–Crippen MR) is 88.1 cm³/mol. The third-order valence-corrected chi connectivity index (χ3v) is 3.68. The van der Waals surface area contributed by atoms with Gasteiger partial charge in [0.15, 0.2) is 5.82 Å². The highest BCUT2D eigenvalue weighted by Gasteiger charge is 2.15. The minimum atomic E-state index is -1.08. The number of H-pyrrole nitrogens is 1. The second-order valence-corrected chi connectivity index (χ2v) is 5.32. The molecular formula is C16H12ClN3O4. The number of hydrogen-bond donors (Lipinski definition) is 2. The lowest BCUT2D eigenvalue weighted by Crippen LogP contribution is -2.17. The fourth-order valence-electron chi connectivity index (χ4n) is 2.27. The molecule has 8 heteroatoms. The number of halogens is 1. The number of carboxylic acids is 1. The van der Waals surface area contributed by atoms with Gasteiger partial charge in [-0.1, -0.05) is 11.6 Å². The molecule has 24 heavy (non-hydrogen) atoms. The SMILES string of the molecule is COc1cc(Cl)ccc1-c1c[nH]n(-c2ccc(C(=O)O)cn2)c1=O. The van der Waals surface area contributed by atoms with Crippen LogP contribution in [0.2, 0.25) is 5.02 Å². The summed E-state index contributed by atoms with van der Waals surface area (Å²) in [6.07, 6.45) is 2.72. The van der Waals surface area contributed by atoms with E-state index in [1.54, 1.807) is 18.2 Å². The third kappa shape index (κ3) is 2.77. The van der Waals surface area contributed by atoms with Crippen molar-refractivity contribution in [2.75, 3.05) is 7.11 Å². The smallest absolute Gasteiger partial charge is 0.337 e. The lowest BCUT2D eigenvalue weighted by Gasteiger charge is -2.06. The number of pyridine rings is 1. The van der Waals surface area contributed by atoms with E-state index in [0.29, 0.717) is 21.9 Å². The van der Waals surface area contributed by atoms with Crippen LogP contribution in [0.25, 0.3) is 16.9 Å². The van der Waals surface area contributed by atoms with E-state index in [2.05, 4.69) is 10.1 Å². The van der Waals surface area contributed by atoms with Gasteiger partial charge < -0.3 is 9.84 Å². The van der Waals surface area contributed by atoms with Crippen LogP contribution in [0.4, 0.5) is 0 Å². The van der Waals surface area contributed by atoms with Crippen LogP contribution < -0.4 is 10.3 Å². The lowest BCUT2D eigenvalue weighted by molar-refractivity contribution is 0.0696. The quantitative estimate of drug-likeness (QED) is 0.757. The molecule has 0 atom stereocenters. The van der Waals surface area contributed by atoms with Crippen molar-refractivity contribution in [1.29, 1.82) is 0 Å². The topological polar surface area (TPSA) is 97.2 Å². The summed E-state index contributed by atoms with van der Waals surface area (Å²) in [5.74, 6) is -0.330. The Hall–Kier alpha value is -3.06. The highest BCUT2D eigenvalue weighted by atomic mass is 35.5. The zero-order valence-corrected chi connectivity index (χ0v) is 13.2. The maximum atomic E-state index is 12.6. The molecule has 3 rings (SSSR count). The molecule has 0 fully saturated rings. The largest absolute Gasteiger partial charge is 0.496 e. The molecule has 0 radical (unpaired) electrons. The van der Waals surface area contributed by atoms with Crippen LogP contribution >= 0.6 is 11.6 Å². The molecule has 0 amide bonds. The van der Waals surface area contributed by atoms with E-state index in [1.165, 1.54) is 36.3 Å². The van der Waals surface area contributed by atoms with E-state index in [-0.39, 0.29) is 16.9 Å². The Bertz CT molecular complexity index is 960. The number of hydrogen-bond acceptors (Lipinski definition) is 4. The number of carboxylic acid groups (broad SMARTS) is 1. The molecule has 1 aromatic carbocycles. The highest BCUT2D eigenvalue weighted by molar-refractivity contribution is 6.30. The van der Waals surface area contributed by atoms with Crippen LogP contribution in [-0.2, 0) is 0 Å². The molecule has 2 N–H and O–H groups in total. The van der Waals surface area contributed by atoms with Gasteiger partial charge in [0.1, 0.15) is 5.75 Å². The van der Waals surface area contributed by atoms with Crippen molar-refractivity contribution >= 4 is 17.6 Å². The first kappa shape index (κ1) is 15.8. The van der Waals surface area contributed by atoms with Crippen LogP contribution in [-0.4, -0.2) is 33.0 Å². The number of ether oxygens (including phenoxy) is 1. The summed E-state index contributed by atoms with van der Waals surface area (Å²) in [5.41, 5.74) is 0.667. The third-order valence-electron chi connectivity index (χ3n) is 3.45. The Kier molecular flexibility index (Phi) is 4.09. The zero-order valence-electron chi connectivity index (χ0n) is 12.5. The fraction of sp³-hybridized carbons (Fsp3) is 0.0625. The average molecular weight is 346 g/mol. The number of aromatic carboxylic acids is 1. The minimum Gasteiger partial charge on any atom is -0.496 e. The van der Waals surface area contributed by atoms with Crippen molar-refractivity contribution < 1.29 is 14.6 Å². The Balaban J connectivity index is 2.06. The number of aromatic amines is 1. The van der Waals surface area contributed by atoms with Crippen molar-refractivity contribution in [3.05, 3.63) is 63.7 Å². The normalized spacial score (nSPS) is 10.6. The van der Waals surface area contributed by atoms with Crippen molar-refractivity contribution in [1.82, 2.24) is 14.8 Å². The number of benzene rings is 1. The maximum absolute atomic E-state index is 12.6. The van der Waals surface area contributed by atoms with E-state index in [4.69, 9.17) is 21.4 Å². The summed E-state index contributed by atoms with van der Waals surface area (Å²) in [4.78, 5) is 27.5. The number of nitrogens with one attached hydrogen (secondary N) is 1. The second-order valence-electron chi connectivity index (χ2n) is 4.88. The number of nitrogens with zero attached hydrogens (tertiary/aromatic N) is 2. The second kappa shape index (κ2) is 6.21. The van der Waals surface area contributed by atoms with E-state index in [9.17, 15) is 9.59 Å². The van der Waals surface area contributed by atoms with Crippen molar-refractivity contribution in [3.8, 4) is 22.7 Å².